The third-order valence-corrected chi connectivity index (χ3v) is 5.39. The monoisotopic (exact) mass is 451 g/mol. The zero-order valence-corrected chi connectivity index (χ0v) is 19.3. The average Bonchev–Trinajstić information content (AvgIpc) is 3.60. The van der Waals surface area contributed by atoms with Gasteiger partial charge in [0, 0.05) is 36.5 Å². The van der Waals surface area contributed by atoms with Gasteiger partial charge in [-0.3, -0.25) is 19.1 Å². The lowest BCUT2D eigenvalue weighted by atomic mass is 10.1. The van der Waals surface area contributed by atoms with E-state index in [0.29, 0.717) is 12.4 Å². The fourth-order valence-electron chi connectivity index (χ4n) is 3.75. The van der Waals surface area contributed by atoms with Gasteiger partial charge < -0.3 is 10.1 Å². The second kappa shape index (κ2) is 9.17. The van der Waals surface area contributed by atoms with E-state index in [1.165, 1.54) is 4.57 Å². The molecule has 1 aliphatic carbocycles. The number of nitrogens with one attached hydrogen (secondary N) is 2. The number of aromatic nitrogens is 4. The van der Waals surface area contributed by atoms with Crippen molar-refractivity contribution in [3.05, 3.63) is 62.1 Å². The summed E-state index contributed by atoms with van der Waals surface area (Å²) >= 11 is 0. The van der Waals surface area contributed by atoms with Gasteiger partial charge in [0.05, 0.1) is 17.1 Å². The summed E-state index contributed by atoms with van der Waals surface area (Å²) in [5, 5.41) is 3.01. The van der Waals surface area contributed by atoms with Crippen LogP contribution in [0.4, 0.5) is 0 Å². The molecular weight excluding hydrogens is 422 g/mol. The summed E-state index contributed by atoms with van der Waals surface area (Å²) in [5.74, 6) is 0.441. The summed E-state index contributed by atoms with van der Waals surface area (Å²) in [6, 6.07) is 5.29. The topological polar surface area (TPSA) is 119 Å². The van der Waals surface area contributed by atoms with Crippen LogP contribution in [0.25, 0.3) is 11.0 Å². The predicted molar refractivity (Wildman–Crippen MR) is 125 cm³/mol. The molecule has 3 aromatic rings. The number of aromatic amines is 1. The van der Waals surface area contributed by atoms with Crippen LogP contribution >= 0.6 is 0 Å². The Morgan fingerprint density at radius 1 is 1.27 bits per heavy atom. The van der Waals surface area contributed by atoms with Crippen molar-refractivity contribution in [2.75, 3.05) is 0 Å². The number of carbonyl (C=O) groups excluding carboxylic acids is 1. The van der Waals surface area contributed by atoms with E-state index < -0.39 is 17.2 Å². The fourth-order valence-corrected chi connectivity index (χ4v) is 3.75. The summed E-state index contributed by atoms with van der Waals surface area (Å²) in [5.41, 5.74) is 0.818. The molecule has 3 aromatic heterocycles. The van der Waals surface area contributed by atoms with E-state index in [9.17, 15) is 14.4 Å². The second-order valence-electron chi connectivity index (χ2n) is 9.15. The highest BCUT2D eigenvalue weighted by Gasteiger charge is 2.29. The molecule has 0 spiro atoms. The molecule has 2 N–H and O–H groups in total. The fraction of sp³-hybridized carbons (Fsp3) is 0.458. The summed E-state index contributed by atoms with van der Waals surface area (Å²) < 4.78 is 7.19. The van der Waals surface area contributed by atoms with Crippen LogP contribution < -0.4 is 21.3 Å². The van der Waals surface area contributed by atoms with Gasteiger partial charge in [-0.15, -0.1) is 0 Å². The predicted octanol–water partition coefficient (Wildman–Crippen LogP) is 2.73. The van der Waals surface area contributed by atoms with Crippen LogP contribution in [-0.2, 0) is 13.1 Å². The number of nitrogens with zero attached hydrogens (tertiary/aromatic N) is 3. The highest BCUT2D eigenvalue weighted by atomic mass is 16.5. The molecule has 9 nitrogen and oxygen atoms in total. The van der Waals surface area contributed by atoms with E-state index in [2.05, 4.69) is 20.3 Å². The van der Waals surface area contributed by atoms with Crippen molar-refractivity contribution in [1.82, 2.24) is 24.8 Å². The number of fused-ring (bicyclic) bond motifs is 1. The minimum Gasteiger partial charge on any atom is -0.475 e. The van der Waals surface area contributed by atoms with Gasteiger partial charge in [0.2, 0.25) is 5.88 Å². The highest BCUT2D eigenvalue weighted by Crippen LogP contribution is 2.40. The smallest absolute Gasteiger partial charge is 0.330 e. The van der Waals surface area contributed by atoms with Gasteiger partial charge in [0.15, 0.2) is 5.65 Å². The molecule has 0 bridgehead atoms. The normalized spacial score (nSPS) is 13.6. The van der Waals surface area contributed by atoms with E-state index >= 15 is 0 Å². The van der Waals surface area contributed by atoms with Crippen molar-refractivity contribution in [1.29, 1.82) is 0 Å². The molecule has 3 heterocycles. The van der Waals surface area contributed by atoms with Crippen molar-refractivity contribution in [2.24, 2.45) is 5.92 Å². The zero-order chi connectivity index (χ0) is 23.7. The van der Waals surface area contributed by atoms with E-state index in [-0.39, 0.29) is 41.1 Å². The number of carbonyl (C=O) groups is 1. The zero-order valence-electron chi connectivity index (χ0n) is 19.3. The number of rotatable bonds is 8. The molecule has 0 radical (unpaired) electrons. The van der Waals surface area contributed by atoms with Gasteiger partial charge in [0.25, 0.3) is 11.5 Å². The van der Waals surface area contributed by atoms with Crippen LogP contribution in [0.3, 0.4) is 0 Å². The maximum absolute atomic E-state index is 13.3. The summed E-state index contributed by atoms with van der Waals surface area (Å²) in [4.78, 5) is 49.9. The minimum atomic E-state index is -0.611. The Labute approximate surface area is 191 Å². The molecule has 0 aromatic carbocycles. The average molecular weight is 452 g/mol. The van der Waals surface area contributed by atoms with Crippen LogP contribution in [0, 0.1) is 5.92 Å². The third kappa shape index (κ3) is 4.97. The summed E-state index contributed by atoms with van der Waals surface area (Å²) in [6.07, 6.45) is 3.52. The van der Waals surface area contributed by atoms with Crippen LogP contribution in [0.5, 0.6) is 5.88 Å². The van der Waals surface area contributed by atoms with Gasteiger partial charge >= 0.3 is 5.69 Å². The molecule has 9 heteroatoms. The van der Waals surface area contributed by atoms with Gasteiger partial charge in [-0.25, -0.2) is 14.8 Å². The first-order chi connectivity index (χ1) is 15.7. The largest absolute Gasteiger partial charge is 0.475 e. The van der Waals surface area contributed by atoms with Gasteiger partial charge in [-0.05, 0) is 44.7 Å². The second-order valence-corrected chi connectivity index (χ2v) is 9.15. The number of H-pyrrole nitrogens is 1. The Hall–Kier alpha value is -3.49. The Kier molecular flexibility index (Phi) is 6.31. The third-order valence-electron chi connectivity index (χ3n) is 5.39. The molecule has 0 aliphatic heterocycles. The first-order valence-corrected chi connectivity index (χ1v) is 11.3. The van der Waals surface area contributed by atoms with Crippen LogP contribution in [0.1, 0.15) is 68.1 Å². The van der Waals surface area contributed by atoms with Crippen LogP contribution in [0.15, 0.2) is 34.0 Å². The van der Waals surface area contributed by atoms with Crippen molar-refractivity contribution >= 4 is 16.9 Å². The van der Waals surface area contributed by atoms with Crippen LogP contribution in [0.2, 0.25) is 0 Å². The standard InChI is InChI=1S/C24H29N5O4/c1-13(2)12-29-20-19(22(31)28-24(29)32)17(10-18(27-20)15-7-8-15)21(30)26-11-16-6-5-9-25-23(16)33-14(3)4/h5-6,9-10,13-15H,7-8,11-12H2,1-4H3,(H,26,30)(H,28,31,32). The van der Waals surface area contributed by atoms with Crippen molar-refractivity contribution in [3.63, 3.8) is 0 Å². The van der Waals surface area contributed by atoms with Crippen molar-refractivity contribution in [3.8, 4) is 5.88 Å². The quantitative estimate of drug-likeness (QED) is 0.544. The van der Waals surface area contributed by atoms with Crippen molar-refractivity contribution < 1.29 is 9.53 Å². The lowest BCUT2D eigenvalue weighted by molar-refractivity contribution is 0.0951. The van der Waals surface area contributed by atoms with E-state index in [0.717, 1.165) is 24.1 Å². The van der Waals surface area contributed by atoms with E-state index in [1.54, 1.807) is 18.3 Å². The molecule has 0 atom stereocenters. The SMILES string of the molecule is CC(C)Cn1c(=O)[nH]c(=O)c2c(C(=O)NCc3cccnc3OC(C)C)cc(C3CC3)nc21. The van der Waals surface area contributed by atoms with Gasteiger partial charge in [0.1, 0.15) is 0 Å². The van der Waals surface area contributed by atoms with E-state index in [4.69, 9.17) is 4.74 Å². The molecule has 1 aliphatic rings. The molecule has 0 saturated heterocycles. The summed E-state index contributed by atoms with van der Waals surface area (Å²) in [6.45, 7) is 8.34. The minimum absolute atomic E-state index is 0.0594. The first-order valence-electron chi connectivity index (χ1n) is 11.3. The number of hydrogen-bond acceptors (Lipinski definition) is 6. The molecule has 0 unspecified atom stereocenters. The number of pyridine rings is 2. The molecule has 1 saturated carbocycles. The summed E-state index contributed by atoms with van der Waals surface area (Å²) in [7, 11) is 0. The Balaban J connectivity index is 1.75. The number of amides is 1. The number of hydrogen-bond donors (Lipinski definition) is 2. The maximum Gasteiger partial charge on any atom is 0.330 e. The van der Waals surface area contributed by atoms with Crippen LogP contribution in [-0.4, -0.2) is 31.5 Å². The molecule has 33 heavy (non-hydrogen) atoms. The molecular formula is C24H29N5O4. The van der Waals surface area contributed by atoms with Crippen molar-refractivity contribution in [2.45, 2.75) is 65.6 Å². The maximum atomic E-state index is 13.3. The van der Waals surface area contributed by atoms with E-state index in [1.807, 2.05) is 33.8 Å². The Bertz CT molecular complexity index is 1300. The molecule has 1 fully saturated rings. The highest BCUT2D eigenvalue weighted by molar-refractivity contribution is 6.05. The Morgan fingerprint density at radius 3 is 2.70 bits per heavy atom. The molecule has 4 rings (SSSR count). The lowest BCUT2D eigenvalue weighted by Crippen LogP contribution is -2.34. The van der Waals surface area contributed by atoms with Gasteiger partial charge in [-0.1, -0.05) is 19.9 Å². The Morgan fingerprint density at radius 2 is 2.03 bits per heavy atom. The lowest BCUT2D eigenvalue weighted by Gasteiger charge is -2.15. The number of ether oxygens (including phenoxy) is 1. The molecule has 174 valence electrons. The molecule has 1 amide bonds. The van der Waals surface area contributed by atoms with Gasteiger partial charge in [-0.2, -0.15) is 0 Å². The first kappa shape index (κ1) is 22.7.